The summed E-state index contributed by atoms with van der Waals surface area (Å²) in [6.45, 7) is 1.95. The number of piperazine rings is 1. The predicted octanol–water partition coefficient (Wildman–Crippen LogP) is 2.09. The molecule has 2 aromatic rings. The lowest BCUT2D eigenvalue weighted by atomic mass is 10.1. The standard InChI is InChI=1S/C21H23N3O4/c25-19(8-4-7-16-5-2-1-3-6-16)23-11-13-24(14-12-23)20(26)17-9-10-18(21(27)28)22-15-17/h1-3,5-6,9-10,15H,4,7-8,11-14H2,(H,27,28). The predicted molar refractivity (Wildman–Crippen MR) is 103 cm³/mol. The van der Waals surface area contributed by atoms with Crippen molar-refractivity contribution in [3.63, 3.8) is 0 Å². The maximum Gasteiger partial charge on any atom is 0.354 e. The van der Waals surface area contributed by atoms with E-state index in [9.17, 15) is 14.4 Å². The minimum atomic E-state index is -1.13. The molecule has 1 aromatic carbocycles. The summed E-state index contributed by atoms with van der Waals surface area (Å²) in [7, 11) is 0. The Labute approximate surface area is 163 Å². The highest BCUT2D eigenvalue weighted by Gasteiger charge is 2.24. The normalized spacial score (nSPS) is 14.0. The van der Waals surface area contributed by atoms with Crippen LogP contribution in [0.3, 0.4) is 0 Å². The third-order valence-corrected chi connectivity index (χ3v) is 4.85. The number of aryl methyl sites for hydroxylation is 1. The van der Waals surface area contributed by atoms with Crippen molar-refractivity contribution in [3.8, 4) is 0 Å². The quantitative estimate of drug-likeness (QED) is 0.827. The fourth-order valence-electron chi connectivity index (χ4n) is 3.23. The van der Waals surface area contributed by atoms with Gasteiger partial charge in [-0.3, -0.25) is 9.59 Å². The van der Waals surface area contributed by atoms with E-state index in [-0.39, 0.29) is 17.5 Å². The van der Waals surface area contributed by atoms with E-state index in [1.807, 2.05) is 18.2 Å². The Hall–Kier alpha value is -3.22. The molecule has 2 amide bonds. The second-order valence-corrected chi connectivity index (χ2v) is 6.75. The van der Waals surface area contributed by atoms with Crippen molar-refractivity contribution in [1.29, 1.82) is 0 Å². The summed E-state index contributed by atoms with van der Waals surface area (Å²) in [5, 5.41) is 8.88. The number of carbonyl (C=O) groups excluding carboxylic acids is 2. The molecule has 1 aliphatic rings. The van der Waals surface area contributed by atoms with E-state index in [1.54, 1.807) is 9.80 Å². The summed E-state index contributed by atoms with van der Waals surface area (Å²) in [5.74, 6) is -1.20. The maximum absolute atomic E-state index is 12.5. The molecule has 0 radical (unpaired) electrons. The number of benzene rings is 1. The molecule has 2 heterocycles. The largest absolute Gasteiger partial charge is 0.477 e. The van der Waals surface area contributed by atoms with Crippen molar-refractivity contribution >= 4 is 17.8 Å². The number of pyridine rings is 1. The Balaban J connectivity index is 1.45. The Kier molecular flexibility index (Phi) is 6.37. The van der Waals surface area contributed by atoms with Gasteiger partial charge in [0, 0.05) is 38.8 Å². The van der Waals surface area contributed by atoms with Crippen LogP contribution in [0.4, 0.5) is 0 Å². The monoisotopic (exact) mass is 381 g/mol. The molecule has 28 heavy (non-hydrogen) atoms. The molecule has 7 nitrogen and oxygen atoms in total. The second kappa shape index (κ2) is 9.12. The smallest absolute Gasteiger partial charge is 0.354 e. The summed E-state index contributed by atoms with van der Waals surface area (Å²) in [4.78, 5) is 43.0. The molecule has 1 fully saturated rings. The third-order valence-electron chi connectivity index (χ3n) is 4.85. The molecule has 146 valence electrons. The summed E-state index contributed by atoms with van der Waals surface area (Å²) in [5.41, 5.74) is 1.49. The van der Waals surface area contributed by atoms with Gasteiger partial charge in [-0.2, -0.15) is 0 Å². The minimum Gasteiger partial charge on any atom is -0.477 e. The number of carboxylic acid groups (broad SMARTS) is 1. The first-order valence-electron chi connectivity index (χ1n) is 9.35. The van der Waals surface area contributed by atoms with Crippen LogP contribution in [-0.4, -0.2) is 63.9 Å². The van der Waals surface area contributed by atoms with Crippen LogP contribution in [0.15, 0.2) is 48.7 Å². The Morgan fingerprint density at radius 2 is 1.61 bits per heavy atom. The van der Waals surface area contributed by atoms with Crippen molar-refractivity contribution in [2.75, 3.05) is 26.2 Å². The van der Waals surface area contributed by atoms with Gasteiger partial charge in [-0.05, 0) is 30.5 Å². The van der Waals surface area contributed by atoms with Gasteiger partial charge < -0.3 is 14.9 Å². The first-order valence-corrected chi connectivity index (χ1v) is 9.35. The maximum atomic E-state index is 12.5. The molecule has 1 saturated heterocycles. The molecule has 1 N–H and O–H groups in total. The fourth-order valence-corrected chi connectivity index (χ4v) is 3.23. The molecule has 0 bridgehead atoms. The zero-order valence-corrected chi connectivity index (χ0v) is 15.6. The number of carbonyl (C=O) groups is 3. The summed E-state index contributed by atoms with van der Waals surface area (Å²) in [6, 6.07) is 12.9. The van der Waals surface area contributed by atoms with E-state index < -0.39 is 5.97 Å². The van der Waals surface area contributed by atoms with Crippen molar-refractivity contribution < 1.29 is 19.5 Å². The van der Waals surface area contributed by atoms with Crippen molar-refractivity contribution in [1.82, 2.24) is 14.8 Å². The van der Waals surface area contributed by atoms with Crippen LogP contribution in [-0.2, 0) is 11.2 Å². The number of rotatable bonds is 6. The number of aromatic nitrogens is 1. The van der Waals surface area contributed by atoms with Crippen LogP contribution >= 0.6 is 0 Å². The van der Waals surface area contributed by atoms with Gasteiger partial charge in [-0.1, -0.05) is 30.3 Å². The van der Waals surface area contributed by atoms with Crippen LogP contribution in [0.5, 0.6) is 0 Å². The molecule has 0 aliphatic carbocycles. The lowest BCUT2D eigenvalue weighted by Crippen LogP contribution is -2.50. The lowest BCUT2D eigenvalue weighted by molar-refractivity contribution is -0.132. The number of hydrogen-bond acceptors (Lipinski definition) is 4. The molecule has 0 saturated carbocycles. The SMILES string of the molecule is O=C(O)c1ccc(C(=O)N2CCN(C(=O)CCCc3ccccc3)CC2)cn1. The van der Waals surface area contributed by atoms with Gasteiger partial charge >= 0.3 is 5.97 Å². The molecule has 0 unspecified atom stereocenters. The van der Waals surface area contributed by atoms with Gasteiger partial charge in [0.2, 0.25) is 5.91 Å². The highest BCUT2D eigenvalue weighted by molar-refractivity contribution is 5.95. The van der Waals surface area contributed by atoms with Crippen LogP contribution in [0, 0.1) is 0 Å². The van der Waals surface area contributed by atoms with Gasteiger partial charge in [0.25, 0.3) is 5.91 Å². The summed E-state index contributed by atoms with van der Waals surface area (Å²) < 4.78 is 0. The molecular formula is C21H23N3O4. The van der Waals surface area contributed by atoms with Gasteiger partial charge in [0.05, 0.1) is 5.56 Å². The van der Waals surface area contributed by atoms with E-state index in [2.05, 4.69) is 17.1 Å². The highest BCUT2D eigenvalue weighted by atomic mass is 16.4. The minimum absolute atomic E-state index is 0.0949. The molecule has 1 aliphatic heterocycles. The number of aromatic carboxylic acids is 1. The van der Waals surface area contributed by atoms with Crippen LogP contribution < -0.4 is 0 Å². The van der Waals surface area contributed by atoms with E-state index in [0.29, 0.717) is 38.2 Å². The molecule has 0 spiro atoms. The van der Waals surface area contributed by atoms with Crippen LogP contribution in [0.1, 0.15) is 39.3 Å². The number of hydrogen-bond donors (Lipinski definition) is 1. The van der Waals surface area contributed by atoms with Gasteiger partial charge in [-0.25, -0.2) is 9.78 Å². The average Bonchev–Trinajstić information content (AvgIpc) is 2.74. The van der Waals surface area contributed by atoms with E-state index in [0.717, 1.165) is 12.8 Å². The highest BCUT2D eigenvalue weighted by Crippen LogP contribution is 2.12. The number of carboxylic acids is 1. The van der Waals surface area contributed by atoms with E-state index >= 15 is 0 Å². The topological polar surface area (TPSA) is 90.8 Å². The Bertz CT molecular complexity index is 828. The van der Waals surface area contributed by atoms with Crippen molar-refractivity contribution in [2.24, 2.45) is 0 Å². The zero-order chi connectivity index (χ0) is 19.9. The van der Waals surface area contributed by atoms with Gasteiger partial charge in [0.15, 0.2) is 0 Å². The molecule has 7 heteroatoms. The summed E-state index contributed by atoms with van der Waals surface area (Å²) >= 11 is 0. The van der Waals surface area contributed by atoms with Crippen LogP contribution in [0.25, 0.3) is 0 Å². The second-order valence-electron chi connectivity index (χ2n) is 6.75. The molecule has 3 rings (SSSR count). The van der Waals surface area contributed by atoms with Crippen molar-refractivity contribution in [2.45, 2.75) is 19.3 Å². The van der Waals surface area contributed by atoms with Crippen LogP contribution in [0.2, 0.25) is 0 Å². The lowest BCUT2D eigenvalue weighted by Gasteiger charge is -2.34. The zero-order valence-electron chi connectivity index (χ0n) is 15.6. The molecular weight excluding hydrogens is 358 g/mol. The number of nitrogens with zero attached hydrogens (tertiary/aromatic N) is 3. The van der Waals surface area contributed by atoms with Crippen molar-refractivity contribution in [3.05, 3.63) is 65.5 Å². The first-order chi connectivity index (χ1) is 13.5. The van der Waals surface area contributed by atoms with E-state index in [1.165, 1.54) is 23.9 Å². The van der Waals surface area contributed by atoms with E-state index in [4.69, 9.17) is 5.11 Å². The third kappa shape index (κ3) is 4.94. The molecule has 0 atom stereocenters. The van der Waals surface area contributed by atoms with Gasteiger partial charge in [0.1, 0.15) is 5.69 Å². The Morgan fingerprint density at radius 1 is 0.929 bits per heavy atom. The van der Waals surface area contributed by atoms with Gasteiger partial charge in [-0.15, -0.1) is 0 Å². The molecule has 1 aromatic heterocycles. The average molecular weight is 381 g/mol. The fraction of sp³-hybridized carbons (Fsp3) is 0.333. The summed E-state index contributed by atoms with van der Waals surface area (Å²) in [6.07, 6.45) is 3.48. The Morgan fingerprint density at radius 3 is 2.21 bits per heavy atom. The first kappa shape index (κ1) is 19.5. The number of amides is 2.